The molecule has 3 nitrogen and oxygen atoms in total. The van der Waals surface area contributed by atoms with E-state index in [9.17, 15) is 4.79 Å². The van der Waals surface area contributed by atoms with Crippen LogP contribution in [0.25, 0.3) is 0 Å². The summed E-state index contributed by atoms with van der Waals surface area (Å²) in [5, 5.41) is 8.35. The van der Waals surface area contributed by atoms with E-state index in [1.807, 2.05) is 0 Å². The zero-order chi connectivity index (χ0) is 14.9. The lowest BCUT2D eigenvalue weighted by atomic mass is 10.1. The number of nitrogens with zero attached hydrogens (tertiary/aromatic N) is 1. The molecule has 0 bridgehead atoms. The Kier molecular flexibility index (Phi) is 19.0. The van der Waals surface area contributed by atoms with Gasteiger partial charge in [-0.05, 0) is 33.5 Å². The molecule has 116 valence electrons. The normalized spacial score (nSPS) is 10.2. The zero-order valence-electron chi connectivity index (χ0n) is 13.6. The Morgan fingerprint density at radius 1 is 0.842 bits per heavy atom. The predicted molar refractivity (Wildman–Crippen MR) is 83.7 cm³/mol. The van der Waals surface area contributed by atoms with Gasteiger partial charge in [-0.1, -0.05) is 58.8 Å². The maximum Gasteiger partial charge on any atom is 0.303 e. The van der Waals surface area contributed by atoms with Gasteiger partial charge in [0, 0.05) is 6.42 Å². The van der Waals surface area contributed by atoms with Crippen molar-refractivity contribution >= 4 is 5.97 Å². The number of rotatable bonds is 11. The molecule has 0 heterocycles. The molecule has 0 saturated carbocycles. The third-order valence-electron chi connectivity index (χ3n) is 2.95. The van der Waals surface area contributed by atoms with Crippen molar-refractivity contribution in [2.24, 2.45) is 0 Å². The second-order valence-electron chi connectivity index (χ2n) is 5.42. The lowest BCUT2D eigenvalue weighted by molar-refractivity contribution is -0.137. The van der Waals surface area contributed by atoms with E-state index in [1.165, 1.54) is 51.5 Å². The molecular weight excluding hydrogens is 238 g/mol. The summed E-state index contributed by atoms with van der Waals surface area (Å²) in [4.78, 5) is 12.3. The van der Waals surface area contributed by atoms with Crippen LogP contribution in [0.15, 0.2) is 0 Å². The second-order valence-corrected chi connectivity index (χ2v) is 5.42. The first-order valence-corrected chi connectivity index (χ1v) is 7.91. The maximum absolute atomic E-state index is 10.1. The average Bonchev–Trinajstić information content (AvgIpc) is 2.35. The second kappa shape index (κ2) is 17.4. The molecule has 0 amide bonds. The molecule has 0 aliphatic carbocycles. The van der Waals surface area contributed by atoms with Gasteiger partial charge in [-0.2, -0.15) is 0 Å². The van der Waals surface area contributed by atoms with Gasteiger partial charge in [0.2, 0.25) is 0 Å². The summed E-state index contributed by atoms with van der Waals surface area (Å²) < 4.78 is 0. The van der Waals surface area contributed by atoms with Crippen LogP contribution in [-0.4, -0.2) is 36.6 Å². The number of unbranched alkanes of at least 4 members (excludes halogenated alkanes) is 7. The van der Waals surface area contributed by atoms with Crippen LogP contribution in [-0.2, 0) is 4.79 Å². The van der Waals surface area contributed by atoms with Crippen molar-refractivity contribution in [3.05, 3.63) is 0 Å². The monoisotopic (exact) mass is 273 g/mol. The minimum Gasteiger partial charge on any atom is -0.481 e. The van der Waals surface area contributed by atoms with E-state index >= 15 is 0 Å². The first kappa shape index (κ1) is 20.7. The van der Waals surface area contributed by atoms with Gasteiger partial charge in [0.05, 0.1) is 0 Å². The number of carboxylic acids is 1. The molecule has 0 saturated heterocycles. The Morgan fingerprint density at radius 2 is 1.32 bits per heavy atom. The van der Waals surface area contributed by atoms with Crippen LogP contribution in [0.3, 0.4) is 0 Å². The van der Waals surface area contributed by atoms with Gasteiger partial charge >= 0.3 is 5.97 Å². The van der Waals surface area contributed by atoms with E-state index < -0.39 is 5.97 Å². The summed E-state index contributed by atoms with van der Waals surface area (Å²) in [5.74, 6) is -0.663. The fourth-order valence-electron chi connectivity index (χ4n) is 1.71. The van der Waals surface area contributed by atoms with Gasteiger partial charge in [0.1, 0.15) is 0 Å². The summed E-state index contributed by atoms with van der Waals surface area (Å²) in [6.07, 6.45) is 11.3. The molecule has 0 unspecified atom stereocenters. The molecule has 1 N–H and O–H groups in total. The van der Waals surface area contributed by atoms with E-state index in [0.29, 0.717) is 6.42 Å². The number of hydrogen-bond acceptors (Lipinski definition) is 2. The molecule has 0 rings (SSSR count). The van der Waals surface area contributed by atoms with Crippen molar-refractivity contribution in [1.29, 1.82) is 0 Å². The summed E-state index contributed by atoms with van der Waals surface area (Å²) in [5.41, 5.74) is 0. The topological polar surface area (TPSA) is 40.5 Å². The summed E-state index contributed by atoms with van der Waals surface area (Å²) in [6, 6.07) is 0. The molecule has 0 atom stereocenters. The fraction of sp³-hybridized carbons (Fsp3) is 0.938. The summed E-state index contributed by atoms with van der Waals surface area (Å²) >= 11 is 0. The third-order valence-corrected chi connectivity index (χ3v) is 2.95. The summed E-state index contributed by atoms with van der Waals surface area (Å²) in [6.45, 7) is 5.64. The largest absolute Gasteiger partial charge is 0.481 e. The van der Waals surface area contributed by atoms with E-state index in [2.05, 4.69) is 32.8 Å². The predicted octanol–water partition coefficient (Wildman–Crippen LogP) is 4.56. The molecule has 3 heteroatoms. The first-order valence-electron chi connectivity index (χ1n) is 7.91. The SMILES string of the molecule is CCCCCCCCCC(=O)O.CCCCN(C)C. The van der Waals surface area contributed by atoms with E-state index in [1.54, 1.807) is 0 Å². The van der Waals surface area contributed by atoms with Gasteiger partial charge in [0.25, 0.3) is 0 Å². The van der Waals surface area contributed by atoms with Crippen LogP contribution in [0.4, 0.5) is 0 Å². The Labute approximate surface area is 120 Å². The van der Waals surface area contributed by atoms with Crippen molar-refractivity contribution in [3.63, 3.8) is 0 Å². The van der Waals surface area contributed by atoms with Gasteiger partial charge in [-0.25, -0.2) is 0 Å². The van der Waals surface area contributed by atoms with Crippen LogP contribution >= 0.6 is 0 Å². The molecule has 0 aliphatic heterocycles. The van der Waals surface area contributed by atoms with Crippen molar-refractivity contribution in [1.82, 2.24) is 4.90 Å². The molecule has 0 aromatic carbocycles. The van der Waals surface area contributed by atoms with Crippen LogP contribution in [0.5, 0.6) is 0 Å². The number of aliphatic carboxylic acids is 1. The van der Waals surface area contributed by atoms with Gasteiger partial charge in [-0.3, -0.25) is 4.79 Å². The van der Waals surface area contributed by atoms with Crippen molar-refractivity contribution < 1.29 is 9.90 Å². The quantitative estimate of drug-likeness (QED) is 0.561. The Balaban J connectivity index is 0. The van der Waals surface area contributed by atoms with E-state index in [4.69, 9.17) is 5.11 Å². The molecule has 0 spiro atoms. The molecule has 0 aliphatic rings. The first-order chi connectivity index (χ1) is 9.04. The number of hydrogen-bond donors (Lipinski definition) is 1. The Hall–Kier alpha value is -0.570. The highest BCUT2D eigenvalue weighted by atomic mass is 16.4. The highest BCUT2D eigenvalue weighted by molar-refractivity contribution is 5.66. The van der Waals surface area contributed by atoms with Crippen molar-refractivity contribution in [2.75, 3.05) is 20.6 Å². The lowest BCUT2D eigenvalue weighted by Crippen LogP contribution is -2.12. The molecule has 19 heavy (non-hydrogen) atoms. The fourth-order valence-corrected chi connectivity index (χ4v) is 1.71. The lowest BCUT2D eigenvalue weighted by Gasteiger charge is -2.05. The Morgan fingerprint density at radius 3 is 1.68 bits per heavy atom. The highest BCUT2D eigenvalue weighted by Gasteiger charge is 1.95. The molecular formula is C16H35NO2. The van der Waals surface area contributed by atoms with Crippen LogP contribution < -0.4 is 0 Å². The van der Waals surface area contributed by atoms with Crippen molar-refractivity contribution in [2.45, 2.75) is 78.1 Å². The highest BCUT2D eigenvalue weighted by Crippen LogP contribution is 2.07. The molecule has 0 aromatic rings. The minimum absolute atomic E-state index is 0.341. The minimum atomic E-state index is -0.663. The summed E-state index contributed by atoms with van der Waals surface area (Å²) in [7, 11) is 4.21. The standard InChI is InChI=1S/C10H20O2.C6H15N/c1-2-3-4-5-6-7-8-9-10(11)12;1-4-5-6-7(2)3/h2-9H2,1H3,(H,11,12);4-6H2,1-3H3. The maximum atomic E-state index is 10.1. The van der Waals surface area contributed by atoms with E-state index in [-0.39, 0.29) is 0 Å². The van der Waals surface area contributed by atoms with Crippen molar-refractivity contribution in [3.8, 4) is 0 Å². The number of carbonyl (C=O) groups is 1. The molecule has 0 aromatic heterocycles. The zero-order valence-corrected chi connectivity index (χ0v) is 13.6. The molecule has 0 radical (unpaired) electrons. The average molecular weight is 273 g/mol. The Bertz CT molecular complexity index is 182. The van der Waals surface area contributed by atoms with Crippen LogP contribution in [0.2, 0.25) is 0 Å². The third kappa shape index (κ3) is 26.9. The number of carboxylic acid groups (broad SMARTS) is 1. The van der Waals surface area contributed by atoms with Crippen LogP contribution in [0.1, 0.15) is 78.1 Å². The molecule has 0 fully saturated rings. The van der Waals surface area contributed by atoms with Gasteiger partial charge < -0.3 is 10.0 Å². The van der Waals surface area contributed by atoms with Crippen LogP contribution in [0, 0.1) is 0 Å². The van der Waals surface area contributed by atoms with Gasteiger partial charge in [0.15, 0.2) is 0 Å². The smallest absolute Gasteiger partial charge is 0.303 e. The van der Waals surface area contributed by atoms with Gasteiger partial charge in [-0.15, -0.1) is 0 Å². The van der Waals surface area contributed by atoms with E-state index in [0.717, 1.165) is 12.8 Å².